The van der Waals surface area contributed by atoms with Crippen LogP contribution in [0.25, 0.3) is 11.1 Å². The average molecular weight is 457 g/mol. The zero-order chi connectivity index (χ0) is 24.3. The second-order valence-corrected chi connectivity index (χ2v) is 10.8. The maximum absolute atomic E-state index is 6.19. The van der Waals surface area contributed by atoms with E-state index < -0.39 is 0 Å². The lowest BCUT2D eigenvalue weighted by Gasteiger charge is -2.37. The number of benzene rings is 2. The van der Waals surface area contributed by atoms with Crippen molar-refractivity contribution in [3.8, 4) is 16.9 Å². The van der Waals surface area contributed by atoms with Gasteiger partial charge >= 0.3 is 0 Å². The van der Waals surface area contributed by atoms with Crippen LogP contribution >= 0.6 is 0 Å². The number of hydrogen-bond donors (Lipinski definition) is 0. The minimum absolute atomic E-state index is 0.360. The summed E-state index contributed by atoms with van der Waals surface area (Å²) in [7, 11) is 0. The van der Waals surface area contributed by atoms with E-state index in [1.54, 1.807) is 0 Å². The molecule has 0 spiro atoms. The van der Waals surface area contributed by atoms with Crippen molar-refractivity contribution >= 4 is 0 Å². The molecule has 1 atom stereocenters. The summed E-state index contributed by atoms with van der Waals surface area (Å²) in [6.07, 6.45) is 10.5. The molecule has 2 saturated carbocycles. The van der Waals surface area contributed by atoms with E-state index in [2.05, 4.69) is 89.7 Å². The topological polar surface area (TPSA) is 18.5 Å². The highest BCUT2D eigenvalue weighted by molar-refractivity contribution is 5.72. The van der Waals surface area contributed by atoms with E-state index in [1.165, 1.54) is 52.7 Å². The van der Waals surface area contributed by atoms with Crippen LogP contribution in [0, 0.1) is 25.2 Å². The molecule has 180 valence electrons. The summed E-state index contributed by atoms with van der Waals surface area (Å²) in [5.41, 5.74) is 9.30. The minimum Gasteiger partial charge on any atom is -0.493 e. The first kappa shape index (κ1) is 24.4. The fraction of sp³-hybridized carbons (Fsp3) is 0.438. The van der Waals surface area contributed by atoms with Crippen molar-refractivity contribution < 1.29 is 9.47 Å². The zero-order valence-corrected chi connectivity index (χ0v) is 21.7. The molecular formula is C32H40O2. The first-order valence-corrected chi connectivity index (χ1v) is 12.8. The summed E-state index contributed by atoms with van der Waals surface area (Å²) < 4.78 is 12.2. The van der Waals surface area contributed by atoms with Crippen molar-refractivity contribution in [2.45, 2.75) is 73.3 Å². The summed E-state index contributed by atoms with van der Waals surface area (Å²) in [4.78, 5) is 0. The van der Waals surface area contributed by atoms with Gasteiger partial charge in [0.1, 0.15) is 18.1 Å². The van der Waals surface area contributed by atoms with Gasteiger partial charge in [0.2, 0.25) is 0 Å². The third kappa shape index (κ3) is 5.66. The van der Waals surface area contributed by atoms with Gasteiger partial charge in [-0.15, -0.1) is 0 Å². The summed E-state index contributed by atoms with van der Waals surface area (Å²) in [5.74, 6) is 2.42. The molecule has 0 aliphatic heterocycles. The Kier molecular flexibility index (Phi) is 7.36. The van der Waals surface area contributed by atoms with Crippen molar-refractivity contribution in [1.29, 1.82) is 0 Å². The lowest BCUT2D eigenvalue weighted by Crippen LogP contribution is -2.32. The van der Waals surface area contributed by atoms with Gasteiger partial charge in [-0.05, 0) is 116 Å². The van der Waals surface area contributed by atoms with Crippen molar-refractivity contribution in [2.75, 3.05) is 6.61 Å². The normalized spacial score (nSPS) is 21.5. The molecule has 2 heteroatoms. The molecule has 0 aromatic heterocycles. The van der Waals surface area contributed by atoms with E-state index >= 15 is 0 Å². The van der Waals surface area contributed by atoms with Gasteiger partial charge in [-0.25, -0.2) is 0 Å². The molecule has 0 radical (unpaired) electrons. The van der Waals surface area contributed by atoms with Crippen LogP contribution < -0.4 is 4.74 Å². The Bertz CT molecular complexity index is 1090. The van der Waals surface area contributed by atoms with E-state index in [0.29, 0.717) is 17.9 Å². The Morgan fingerprint density at radius 3 is 2.44 bits per heavy atom. The first-order chi connectivity index (χ1) is 16.3. The standard InChI is InChI=1S/C32H40O2/c1-7-27-14-22(2)15-29(27)18-25(5)33-20-26-10-8-11-28(19-26)31-23(3)16-30(17-24(31)4)34-21-32(6)12-9-13-32/h7-8,10-11,16-19,22H,5,9,12-15,20-21H2,1-4,6H3/b27-7-,29-18-. The Balaban J connectivity index is 1.43. The number of aryl methyl sites for hydroxylation is 2. The van der Waals surface area contributed by atoms with Crippen LogP contribution in [0.2, 0.25) is 0 Å². The van der Waals surface area contributed by atoms with Gasteiger partial charge in [0.15, 0.2) is 0 Å². The van der Waals surface area contributed by atoms with Crippen molar-refractivity contribution in [3.63, 3.8) is 0 Å². The van der Waals surface area contributed by atoms with Crippen LogP contribution in [-0.4, -0.2) is 6.61 Å². The maximum Gasteiger partial charge on any atom is 0.119 e. The molecule has 2 nitrogen and oxygen atoms in total. The van der Waals surface area contributed by atoms with Crippen LogP contribution in [0.4, 0.5) is 0 Å². The molecule has 0 heterocycles. The number of ether oxygens (including phenoxy) is 2. The molecule has 2 aromatic carbocycles. The Hall–Kier alpha value is -2.74. The van der Waals surface area contributed by atoms with Gasteiger partial charge < -0.3 is 9.47 Å². The summed E-state index contributed by atoms with van der Waals surface area (Å²) in [6, 6.07) is 13.0. The second kappa shape index (κ2) is 10.3. The number of allylic oxidation sites excluding steroid dienone is 4. The molecule has 2 aliphatic rings. The largest absolute Gasteiger partial charge is 0.493 e. The fourth-order valence-electron chi connectivity index (χ4n) is 5.41. The number of rotatable bonds is 8. The first-order valence-electron chi connectivity index (χ1n) is 12.8. The highest BCUT2D eigenvalue weighted by Crippen LogP contribution is 2.41. The van der Waals surface area contributed by atoms with Crippen LogP contribution in [0.3, 0.4) is 0 Å². The molecule has 1 unspecified atom stereocenters. The van der Waals surface area contributed by atoms with E-state index in [-0.39, 0.29) is 0 Å². The smallest absolute Gasteiger partial charge is 0.119 e. The maximum atomic E-state index is 6.19. The van der Waals surface area contributed by atoms with Crippen molar-refractivity contribution in [1.82, 2.24) is 0 Å². The quantitative estimate of drug-likeness (QED) is 0.369. The molecule has 0 bridgehead atoms. The molecule has 34 heavy (non-hydrogen) atoms. The highest BCUT2D eigenvalue weighted by Gasteiger charge is 2.32. The van der Waals surface area contributed by atoms with Gasteiger partial charge in [0.05, 0.1) is 6.61 Å². The number of hydrogen-bond acceptors (Lipinski definition) is 2. The van der Waals surface area contributed by atoms with E-state index in [0.717, 1.165) is 36.5 Å². The average Bonchev–Trinajstić information content (AvgIpc) is 3.13. The predicted molar refractivity (Wildman–Crippen MR) is 143 cm³/mol. The molecule has 4 rings (SSSR count). The molecule has 2 aromatic rings. The third-order valence-electron chi connectivity index (χ3n) is 7.53. The van der Waals surface area contributed by atoms with Crippen LogP contribution in [0.5, 0.6) is 5.75 Å². The van der Waals surface area contributed by atoms with E-state index in [9.17, 15) is 0 Å². The van der Waals surface area contributed by atoms with Crippen LogP contribution in [-0.2, 0) is 11.3 Å². The monoisotopic (exact) mass is 456 g/mol. The second-order valence-electron chi connectivity index (χ2n) is 10.8. The van der Waals surface area contributed by atoms with Crippen molar-refractivity contribution in [3.05, 3.63) is 88.7 Å². The SMILES string of the molecule is C=C(/C=C1/CC(C)C/C1=C/C)OCc1cccc(-c2c(C)cc(OCC3(C)CCC3)cc2C)c1. The van der Waals surface area contributed by atoms with Gasteiger partial charge in [0, 0.05) is 5.41 Å². The van der Waals surface area contributed by atoms with Crippen LogP contribution in [0.15, 0.2) is 72.0 Å². The minimum atomic E-state index is 0.360. The van der Waals surface area contributed by atoms with Crippen molar-refractivity contribution in [2.24, 2.45) is 11.3 Å². The third-order valence-corrected chi connectivity index (χ3v) is 7.53. The highest BCUT2D eigenvalue weighted by atomic mass is 16.5. The Labute approximate surface area is 206 Å². The summed E-state index contributed by atoms with van der Waals surface area (Å²) >= 11 is 0. The molecule has 0 amide bonds. The summed E-state index contributed by atoms with van der Waals surface area (Å²) in [5, 5.41) is 0. The molecule has 2 aliphatic carbocycles. The fourth-order valence-corrected chi connectivity index (χ4v) is 5.41. The molecule has 0 saturated heterocycles. The summed E-state index contributed by atoms with van der Waals surface area (Å²) in [6.45, 7) is 16.6. The lowest BCUT2D eigenvalue weighted by molar-refractivity contribution is 0.0775. The Morgan fingerprint density at radius 1 is 1.09 bits per heavy atom. The van der Waals surface area contributed by atoms with Gasteiger partial charge in [0.25, 0.3) is 0 Å². The molecule has 0 N–H and O–H groups in total. The van der Waals surface area contributed by atoms with Gasteiger partial charge in [-0.3, -0.25) is 0 Å². The predicted octanol–water partition coefficient (Wildman–Crippen LogP) is 8.87. The Morgan fingerprint density at radius 2 is 1.79 bits per heavy atom. The van der Waals surface area contributed by atoms with Gasteiger partial charge in [-0.1, -0.05) is 51.1 Å². The zero-order valence-electron chi connectivity index (χ0n) is 21.7. The molecular weight excluding hydrogens is 416 g/mol. The molecule has 2 fully saturated rings. The van der Waals surface area contributed by atoms with Crippen LogP contribution in [0.1, 0.15) is 69.6 Å². The van der Waals surface area contributed by atoms with E-state index in [1.807, 2.05) is 0 Å². The lowest BCUT2D eigenvalue weighted by atomic mass is 9.71. The van der Waals surface area contributed by atoms with Gasteiger partial charge in [-0.2, -0.15) is 0 Å². The van der Waals surface area contributed by atoms with E-state index in [4.69, 9.17) is 9.47 Å².